The second-order valence-corrected chi connectivity index (χ2v) is 4.32. The number of hydrogen-bond acceptors (Lipinski definition) is 3. The zero-order chi connectivity index (χ0) is 14.1. The first kappa shape index (κ1) is 12.3. The van der Waals surface area contributed by atoms with Crippen LogP contribution in [0.4, 0.5) is 4.39 Å². The molecule has 4 heteroatoms. The quantitative estimate of drug-likeness (QED) is 0.530. The fraction of sp³-hybridized carbons (Fsp3) is 0. The van der Waals surface area contributed by atoms with Crippen LogP contribution in [0.3, 0.4) is 0 Å². The molecule has 1 heterocycles. The standard InChI is InChI=1S/C16H9FO3/c17-12-7-5-10(6-8-12)15(18)13-9-11-3-1-2-4-14(11)20-16(13)19/h1-9H. The van der Waals surface area contributed by atoms with Crippen LogP contribution in [0.1, 0.15) is 15.9 Å². The van der Waals surface area contributed by atoms with Gasteiger partial charge < -0.3 is 4.42 Å². The number of hydrogen-bond donors (Lipinski definition) is 0. The molecule has 0 radical (unpaired) electrons. The maximum atomic E-state index is 12.8. The van der Waals surface area contributed by atoms with Crippen molar-refractivity contribution in [3.8, 4) is 0 Å². The summed E-state index contributed by atoms with van der Waals surface area (Å²) in [5.74, 6) is -0.920. The summed E-state index contributed by atoms with van der Waals surface area (Å²) in [6, 6.07) is 13.5. The first-order valence-corrected chi connectivity index (χ1v) is 5.98. The highest BCUT2D eigenvalue weighted by Gasteiger charge is 2.15. The minimum Gasteiger partial charge on any atom is -0.422 e. The third-order valence-corrected chi connectivity index (χ3v) is 2.99. The molecule has 2 aromatic carbocycles. The number of rotatable bonds is 2. The molecule has 98 valence electrons. The Morgan fingerprint density at radius 2 is 1.70 bits per heavy atom. The Balaban J connectivity index is 2.14. The first-order chi connectivity index (χ1) is 9.65. The summed E-state index contributed by atoms with van der Waals surface area (Å²) in [7, 11) is 0. The molecule has 0 aliphatic heterocycles. The van der Waals surface area contributed by atoms with Gasteiger partial charge in [-0.3, -0.25) is 4.79 Å². The second-order valence-electron chi connectivity index (χ2n) is 4.32. The molecule has 0 aliphatic rings. The van der Waals surface area contributed by atoms with Crippen LogP contribution in [0.5, 0.6) is 0 Å². The fourth-order valence-electron chi connectivity index (χ4n) is 1.98. The molecule has 3 aromatic rings. The van der Waals surface area contributed by atoms with Gasteiger partial charge >= 0.3 is 5.63 Å². The van der Waals surface area contributed by atoms with Gasteiger partial charge in [0, 0.05) is 10.9 Å². The number of fused-ring (bicyclic) bond motifs is 1. The van der Waals surface area contributed by atoms with Gasteiger partial charge in [-0.2, -0.15) is 0 Å². The molecular formula is C16H9FO3. The van der Waals surface area contributed by atoms with Crippen LogP contribution in [0.15, 0.2) is 63.8 Å². The zero-order valence-corrected chi connectivity index (χ0v) is 10.3. The van der Waals surface area contributed by atoms with Crippen molar-refractivity contribution in [2.75, 3.05) is 0 Å². The average molecular weight is 268 g/mol. The Morgan fingerprint density at radius 1 is 1.00 bits per heavy atom. The van der Waals surface area contributed by atoms with Gasteiger partial charge in [0.25, 0.3) is 0 Å². The Hall–Kier alpha value is -2.75. The second kappa shape index (κ2) is 4.74. The van der Waals surface area contributed by atoms with E-state index in [-0.39, 0.29) is 11.1 Å². The molecular weight excluding hydrogens is 259 g/mol. The molecule has 3 nitrogen and oxygen atoms in total. The maximum Gasteiger partial charge on any atom is 0.347 e. The minimum absolute atomic E-state index is 0.0599. The predicted octanol–water partition coefficient (Wildman–Crippen LogP) is 3.16. The highest BCUT2D eigenvalue weighted by atomic mass is 19.1. The highest BCUT2D eigenvalue weighted by Crippen LogP contribution is 2.15. The lowest BCUT2D eigenvalue weighted by atomic mass is 10.0. The Bertz CT molecular complexity index is 847. The van der Waals surface area contributed by atoms with Crippen molar-refractivity contribution in [1.29, 1.82) is 0 Å². The van der Waals surface area contributed by atoms with Gasteiger partial charge in [-0.25, -0.2) is 9.18 Å². The lowest BCUT2D eigenvalue weighted by molar-refractivity contribution is 0.103. The van der Waals surface area contributed by atoms with E-state index in [0.717, 1.165) is 0 Å². The third kappa shape index (κ3) is 2.12. The van der Waals surface area contributed by atoms with E-state index in [0.29, 0.717) is 11.0 Å². The molecule has 3 rings (SSSR count). The van der Waals surface area contributed by atoms with Gasteiger partial charge in [-0.1, -0.05) is 18.2 Å². The molecule has 0 fully saturated rings. The van der Waals surface area contributed by atoms with E-state index in [4.69, 9.17) is 4.42 Å². The number of para-hydroxylation sites is 1. The van der Waals surface area contributed by atoms with Gasteiger partial charge in [0.2, 0.25) is 0 Å². The van der Waals surface area contributed by atoms with Gasteiger partial charge in [0.1, 0.15) is 17.0 Å². The van der Waals surface area contributed by atoms with Gasteiger partial charge in [0.05, 0.1) is 0 Å². The molecule has 0 saturated heterocycles. The Morgan fingerprint density at radius 3 is 2.45 bits per heavy atom. The lowest BCUT2D eigenvalue weighted by Gasteiger charge is -2.02. The van der Waals surface area contributed by atoms with Crippen molar-refractivity contribution in [3.63, 3.8) is 0 Å². The SMILES string of the molecule is O=C(c1ccc(F)cc1)c1cc2ccccc2oc1=O. The summed E-state index contributed by atoms with van der Waals surface area (Å²) >= 11 is 0. The summed E-state index contributed by atoms with van der Waals surface area (Å²) in [4.78, 5) is 24.1. The van der Waals surface area contributed by atoms with Crippen molar-refractivity contribution in [2.45, 2.75) is 0 Å². The molecule has 0 unspecified atom stereocenters. The first-order valence-electron chi connectivity index (χ1n) is 5.98. The largest absolute Gasteiger partial charge is 0.422 e. The number of benzene rings is 2. The van der Waals surface area contributed by atoms with E-state index < -0.39 is 17.2 Å². The molecule has 20 heavy (non-hydrogen) atoms. The molecule has 1 aromatic heterocycles. The normalized spacial score (nSPS) is 10.7. The molecule has 0 aliphatic carbocycles. The molecule has 0 amide bonds. The molecule has 0 atom stereocenters. The van der Waals surface area contributed by atoms with Crippen LogP contribution in [0.25, 0.3) is 11.0 Å². The summed E-state index contributed by atoms with van der Waals surface area (Å²) in [6.07, 6.45) is 0. The van der Waals surface area contributed by atoms with Crippen molar-refractivity contribution >= 4 is 16.8 Å². The number of ketones is 1. The maximum absolute atomic E-state index is 12.8. The zero-order valence-electron chi connectivity index (χ0n) is 10.3. The molecule has 0 N–H and O–H groups in total. The average Bonchev–Trinajstić information content (AvgIpc) is 2.46. The van der Waals surface area contributed by atoms with E-state index in [2.05, 4.69) is 0 Å². The fourth-order valence-corrected chi connectivity index (χ4v) is 1.98. The van der Waals surface area contributed by atoms with Gasteiger partial charge in [-0.15, -0.1) is 0 Å². The number of halogens is 1. The predicted molar refractivity (Wildman–Crippen MR) is 72.3 cm³/mol. The van der Waals surface area contributed by atoms with Crippen LogP contribution in [-0.2, 0) is 0 Å². The minimum atomic E-state index is -0.696. The molecule has 0 bridgehead atoms. The van der Waals surface area contributed by atoms with Crippen LogP contribution in [0, 0.1) is 5.82 Å². The van der Waals surface area contributed by atoms with E-state index in [9.17, 15) is 14.0 Å². The Kier molecular flexibility index (Phi) is 2.91. The van der Waals surface area contributed by atoms with Crippen LogP contribution < -0.4 is 5.63 Å². The highest BCUT2D eigenvalue weighted by molar-refractivity contribution is 6.09. The van der Waals surface area contributed by atoms with E-state index in [1.807, 2.05) is 0 Å². The Labute approximate surface area is 113 Å². The number of carbonyl (C=O) groups is 1. The topological polar surface area (TPSA) is 47.3 Å². The van der Waals surface area contributed by atoms with Crippen molar-refractivity contribution in [2.24, 2.45) is 0 Å². The number of carbonyl (C=O) groups excluding carboxylic acids is 1. The molecule has 0 saturated carbocycles. The van der Waals surface area contributed by atoms with Crippen molar-refractivity contribution in [3.05, 3.63) is 82.0 Å². The summed E-state index contributed by atoms with van der Waals surface area (Å²) in [6.45, 7) is 0. The van der Waals surface area contributed by atoms with Crippen LogP contribution in [0.2, 0.25) is 0 Å². The lowest BCUT2D eigenvalue weighted by Crippen LogP contribution is -2.14. The summed E-state index contributed by atoms with van der Waals surface area (Å²) < 4.78 is 18.0. The van der Waals surface area contributed by atoms with E-state index in [1.54, 1.807) is 24.3 Å². The van der Waals surface area contributed by atoms with Crippen LogP contribution >= 0.6 is 0 Å². The third-order valence-electron chi connectivity index (χ3n) is 2.99. The van der Waals surface area contributed by atoms with E-state index >= 15 is 0 Å². The van der Waals surface area contributed by atoms with Crippen molar-refractivity contribution < 1.29 is 13.6 Å². The molecule has 0 spiro atoms. The smallest absolute Gasteiger partial charge is 0.347 e. The summed E-state index contributed by atoms with van der Waals surface area (Å²) in [5.41, 5.74) is -0.0875. The van der Waals surface area contributed by atoms with Crippen molar-refractivity contribution in [1.82, 2.24) is 0 Å². The van der Waals surface area contributed by atoms with Crippen LogP contribution in [-0.4, -0.2) is 5.78 Å². The monoisotopic (exact) mass is 268 g/mol. The summed E-state index contributed by atoms with van der Waals surface area (Å²) in [5, 5.41) is 0.664. The van der Waals surface area contributed by atoms with Gasteiger partial charge in [0.15, 0.2) is 5.78 Å². The van der Waals surface area contributed by atoms with Gasteiger partial charge in [-0.05, 0) is 36.4 Å². The van der Waals surface area contributed by atoms with E-state index in [1.165, 1.54) is 30.3 Å².